The Morgan fingerprint density at radius 1 is 1.29 bits per heavy atom. The van der Waals surface area contributed by atoms with Gasteiger partial charge >= 0.3 is 0 Å². The monoisotopic (exact) mass is 270 g/mol. The number of rotatable bonds is 1. The van der Waals surface area contributed by atoms with E-state index >= 15 is 0 Å². The topological polar surface area (TPSA) is 39.3 Å². The lowest BCUT2D eigenvalue weighted by atomic mass is 9.87. The minimum atomic E-state index is 0.0810. The van der Waals surface area contributed by atoms with Crippen LogP contribution in [0.1, 0.15) is 26.3 Å². The number of nitrogens with one attached hydrogen (secondary N) is 3. The first kappa shape index (κ1) is 12.6. The molecule has 0 bridgehead atoms. The SMILES string of the molecule is CC(C)(C)c1ccc(N2NNNC2=S)c(Cl)c1. The van der Waals surface area contributed by atoms with E-state index in [1.807, 2.05) is 12.1 Å². The van der Waals surface area contributed by atoms with Gasteiger partial charge in [-0.3, -0.25) is 5.43 Å². The van der Waals surface area contributed by atoms with Crippen molar-refractivity contribution in [3.8, 4) is 0 Å². The van der Waals surface area contributed by atoms with Crippen LogP contribution in [0.2, 0.25) is 5.02 Å². The Morgan fingerprint density at radius 2 is 2.00 bits per heavy atom. The Balaban J connectivity index is 2.35. The molecule has 0 aromatic heterocycles. The molecule has 0 saturated carbocycles. The maximum Gasteiger partial charge on any atom is 0.205 e. The second-order valence-corrected chi connectivity index (χ2v) is 5.71. The van der Waals surface area contributed by atoms with Crippen LogP contribution in [-0.2, 0) is 5.41 Å². The van der Waals surface area contributed by atoms with Gasteiger partial charge in [-0.1, -0.05) is 38.4 Å². The number of anilines is 1. The Morgan fingerprint density at radius 3 is 2.47 bits per heavy atom. The summed E-state index contributed by atoms with van der Waals surface area (Å²) >= 11 is 11.4. The predicted molar refractivity (Wildman–Crippen MR) is 74.6 cm³/mol. The number of halogens is 1. The van der Waals surface area contributed by atoms with Crippen molar-refractivity contribution in [1.82, 2.24) is 16.5 Å². The van der Waals surface area contributed by atoms with Crippen molar-refractivity contribution in [3.63, 3.8) is 0 Å². The highest BCUT2D eigenvalue weighted by Crippen LogP contribution is 2.31. The molecule has 0 aliphatic carbocycles. The molecule has 0 atom stereocenters. The largest absolute Gasteiger partial charge is 0.282 e. The molecule has 2 rings (SSSR count). The molecule has 1 heterocycles. The maximum atomic E-state index is 6.28. The van der Waals surface area contributed by atoms with Gasteiger partial charge in [0.25, 0.3) is 0 Å². The standard InChI is InChI=1S/C11H15ClN4S/c1-11(2,3)7-4-5-9(8(12)6-7)16-10(17)13-14-15-16/h4-6,14-15H,1-3H3,(H,13,17). The van der Waals surface area contributed by atoms with Gasteiger partial charge in [0.15, 0.2) is 0 Å². The van der Waals surface area contributed by atoms with Crippen molar-refractivity contribution < 1.29 is 0 Å². The van der Waals surface area contributed by atoms with Crippen molar-refractivity contribution in [3.05, 3.63) is 28.8 Å². The Labute approximate surface area is 111 Å². The summed E-state index contributed by atoms with van der Waals surface area (Å²) < 4.78 is 0. The molecule has 1 aromatic carbocycles. The van der Waals surface area contributed by atoms with Crippen LogP contribution < -0.4 is 21.5 Å². The number of nitrogens with zero attached hydrogens (tertiary/aromatic N) is 1. The van der Waals surface area contributed by atoms with Crippen molar-refractivity contribution in [2.75, 3.05) is 5.01 Å². The van der Waals surface area contributed by atoms with Crippen LogP contribution in [0.4, 0.5) is 5.69 Å². The number of hydrogen-bond donors (Lipinski definition) is 3. The maximum absolute atomic E-state index is 6.28. The summed E-state index contributed by atoms with van der Waals surface area (Å²) in [6.45, 7) is 6.46. The van der Waals surface area contributed by atoms with E-state index in [1.165, 1.54) is 5.56 Å². The summed E-state index contributed by atoms with van der Waals surface area (Å²) in [7, 11) is 0. The van der Waals surface area contributed by atoms with Crippen molar-refractivity contribution in [2.24, 2.45) is 0 Å². The van der Waals surface area contributed by atoms with Gasteiger partial charge in [0.05, 0.1) is 10.7 Å². The molecular formula is C11H15ClN4S. The molecular weight excluding hydrogens is 256 g/mol. The van der Waals surface area contributed by atoms with Gasteiger partial charge in [0, 0.05) is 0 Å². The second-order valence-electron chi connectivity index (χ2n) is 4.92. The zero-order valence-electron chi connectivity index (χ0n) is 9.97. The van der Waals surface area contributed by atoms with Gasteiger partial charge in [-0.05, 0) is 35.3 Å². The van der Waals surface area contributed by atoms with E-state index in [-0.39, 0.29) is 5.41 Å². The molecule has 0 radical (unpaired) electrons. The van der Waals surface area contributed by atoms with Crippen LogP contribution in [0.15, 0.2) is 18.2 Å². The Kier molecular flexibility index (Phi) is 3.27. The van der Waals surface area contributed by atoms with E-state index < -0.39 is 0 Å². The van der Waals surface area contributed by atoms with E-state index in [0.717, 1.165) is 5.69 Å². The highest BCUT2D eigenvalue weighted by Gasteiger charge is 2.21. The van der Waals surface area contributed by atoms with Gasteiger partial charge < -0.3 is 0 Å². The predicted octanol–water partition coefficient (Wildman–Crippen LogP) is 2.26. The summed E-state index contributed by atoms with van der Waals surface area (Å²) in [5, 5.41) is 2.89. The smallest absolute Gasteiger partial charge is 0.205 e. The number of hydrogen-bond acceptors (Lipinski definition) is 3. The van der Waals surface area contributed by atoms with Gasteiger partial charge in [0.1, 0.15) is 0 Å². The lowest BCUT2D eigenvalue weighted by Gasteiger charge is -2.22. The lowest BCUT2D eigenvalue weighted by molar-refractivity contribution is 0.585. The molecule has 92 valence electrons. The summed E-state index contributed by atoms with van der Waals surface area (Å²) in [6.07, 6.45) is 0. The highest BCUT2D eigenvalue weighted by molar-refractivity contribution is 7.80. The van der Waals surface area contributed by atoms with Crippen LogP contribution in [0.3, 0.4) is 0 Å². The fourth-order valence-corrected chi connectivity index (χ4v) is 2.03. The zero-order chi connectivity index (χ0) is 12.6. The van der Waals surface area contributed by atoms with Crippen LogP contribution in [0.5, 0.6) is 0 Å². The first-order chi connectivity index (χ1) is 7.89. The molecule has 1 saturated heterocycles. The minimum absolute atomic E-state index is 0.0810. The molecule has 1 aliphatic rings. The summed E-state index contributed by atoms with van der Waals surface area (Å²) in [5.74, 6) is 0. The summed E-state index contributed by atoms with van der Waals surface area (Å²) in [5.41, 5.74) is 10.5. The Hall–Kier alpha value is -0.880. The van der Waals surface area contributed by atoms with Crippen LogP contribution in [0.25, 0.3) is 0 Å². The summed E-state index contributed by atoms with van der Waals surface area (Å²) in [4.78, 5) is 0. The van der Waals surface area contributed by atoms with Crippen LogP contribution in [0, 0.1) is 0 Å². The van der Waals surface area contributed by atoms with Crippen molar-refractivity contribution in [1.29, 1.82) is 0 Å². The van der Waals surface area contributed by atoms with E-state index in [2.05, 4.69) is 43.3 Å². The van der Waals surface area contributed by atoms with Crippen LogP contribution in [-0.4, -0.2) is 5.11 Å². The molecule has 4 nitrogen and oxygen atoms in total. The van der Waals surface area contributed by atoms with E-state index in [9.17, 15) is 0 Å². The van der Waals surface area contributed by atoms with Gasteiger partial charge in [-0.15, -0.1) is 5.53 Å². The van der Waals surface area contributed by atoms with Crippen molar-refractivity contribution in [2.45, 2.75) is 26.2 Å². The van der Waals surface area contributed by atoms with Gasteiger partial charge in [-0.2, -0.15) is 5.53 Å². The van der Waals surface area contributed by atoms with Crippen molar-refractivity contribution >= 4 is 34.6 Å². The second kappa shape index (κ2) is 4.42. The molecule has 0 spiro atoms. The third kappa shape index (κ3) is 2.52. The highest BCUT2D eigenvalue weighted by atomic mass is 35.5. The minimum Gasteiger partial charge on any atom is -0.282 e. The third-order valence-corrected chi connectivity index (χ3v) is 3.18. The normalized spacial score (nSPS) is 16.2. The average molecular weight is 271 g/mol. The molecule has 1 fully saturated rings. The van der Waals surface area contributed by atoms with E-state index in [1.54, 1.807) is 5.01 Å². The quantitative estimate of drug-likeness (QED) is 0.683. The average Bonchev–Trinajstić information content (AvgIpc) is 2.63. The lowest BCUT2D eigenvalue weighted by Crippen LogP contribution is -2.37. The molecule has 0 amide bonds. The number of hydrazine groups is 3. The van der Waals surface area contributed by atoms with Gasteiger partial charge in [0.2, 0.25) is 5.11 Å². The molecule has 6 heteroatoms. The molecule has 17 heavy (non-hydrogen) atoms. The van der Waals surface area contributed by atoms with Crippen LogP contribution >= 0.6 is 23.8 Å². The van der Waals surface area contributed by atoms with E-state index in [4.69, 9.17) is 23.8 Å². The third-order valence-electron chi connectivity index (χ3n) is 2.59. The fourth-order valence-electron chi connectivity index (χ4n) is 1.57. The number of thiocarbonyl (C=S) groups is 1. The molecule has 1 aliphatic heterocycles. The van der Waals surface area contributed by atoms with Gasteiger partial charge in [-0.25, -0.2) is 5.01 Å². The summed E-state index contributed by atoms with van der Waals surface area (Å²) in [6, 6.07) is 5.99. The molecule has 3 N–H and O–H groups in total. The number of benzene rings is 1. The fraction of sp³-hybridized carbons (Fsp3) is 0.364. The van der Waals surface area contributed by atoms with E-state index in [0.29, 0.717) is 10.1 Å². The molecule has 0 unspecified atom stereocenters. The first-order valence-electron chi connectivity index (χ1n) is 5.30. The Bertz CT molecular complexity index is 455. The zero-order valence-corrected chi connectivity index (χ0v) is 11.5. The molecule has 1 aromatic rings. The first-order valence-corrected chi connectivity index (χ1v) is 6.09.